The average molecular weight is 2010 g/mol. The number of aliphatic hydroxyl groups is 1. The summed E-state index contributed by atoms with van der Waals surface area (Å²) in [6.45, 7) is 14.5. The van der Waals surface area contributed by atoms with Gasteiger partial charge in [0.15, 0.2) is 0 Å². The highest BCUT2D eigenvalue weighted by atomic mass is 79.9. The predicted octanol–water partition coefficient (Wildman–Crippen LogP) is 22.7. The molecule has 0 aliphatic carbocycles. The molecular formula is C108H120Br4N6O12. The topological polar surface area (TPSA) is 260 Å². The van der Waals surface area contributed by atoms with Crippen LogP contribution in [0.3, 0.4) is 0 Å². The number of alkyl carbamates (subject to hydrolysis) is 2. The third kappa shape index (κ3) is 42.1. The smallest absolute Gasteiger partial charge is 0.407 e. The lowest BCUT2D eigenvalue weighted by Gasteiger charge is -2.19. The van der Waals surface area contributed by atoms with Gasteiger partial charge in [0.05, 0.1) is 60.3 Å². The Bertz CT molecular complexity index is 5460. The van der Waals surface area contributed by atoms with Crippen LogP contribution in [0.15, 0.2) is 285 Å². The number of nitrogens with one attached hydrogen (secondary N) is 3. The van der Waals surface area contributed by atoms with Crippen LogP contribution in [-0.2, 0) is 48.0 Å². The average Bonchev–Trinajstić information content (AvgIpc) is 1.64. The predicted molar refractivity (Wildman–Crippen MR) is 539 cm³/mol. The van der Waals surface area contributed by atoms with Crippen LogP contribution >= 0.6 is 63.7 Å². The molecule has 0 saturated heterocycles. The van der Waals surface area contributed by atoms with Gasteiger partial charge >= 0.3 is 12.2 Å². The van der Waals surface area contributed by atoms with Gasteiger partial charge < -0.3 is 50.9 Å². The van der Waals surface area contributed by atoms with E-state index in [1.54, 1.807) is 69.9 Å². The van der Waals surface area contributed by atoms with Gasteiger partial charge in [-0.15, -0.1) is 6.42 Å². The monoisotopic (exact) mass is 2010 g/mol. The number of para-hydroxylation sites is 3. The molecule has 6 amide bonds. The van der Waals surface area contributed by atoms with Crippen molar-refractivity contribution in [2.75, 3.05) is 60.7 Å². The van der Waals surface area contributed by atoms with E-state index >= 15 is 0 Å². The van der Waals surface area contributed by atoms with E-state index < -0.39 is 11.2 Å². The molecule has 0 spiro atoms. The first-order valence-corrected chi connectivity index (χ1v) is 45.6. The number of carbonyl (C=O) groups is 6. The van der Waals surface area contributed by atoms with Crippen molar-refractivity contribution in [3.63, 3.8) is 0 Å². The highest BCUT2D eigenvalue weighted by Crippen LogP contribution is 2.26. The maximum Gasteiger partial charge on any atom is 0.407 e. The molecule has 18 nitrogen and oxygen atoms in total. The number of aliphatic hydroxyl groups excluding tert-OH is 1. The molecule has 0 unspecified atom stereocenters. The number of fused-ring (bicyclic) bond motifs is 2. The molecule has 0 fully saturated rings. The molecule has 13 rings (SSSR count). The molecule has 0 aromatic heterocycles. The number of methoxy groups -OCH3 is 3. The number of rotatable bonds is 24. The molecular weight excluding hydrogens is 1890 g/mol. The zero-order valence-corrected chi connectivity index (χ0v) is 81.1. The molecule has 0 radical (unpaired) electrons. The quantitative estimate of drug-likeness (QED) is 0.0187. The highest BCUT2D eigenvalue weighted by Gasteiger charge is 2.34. The van der Waals surface area contributed by atoms with E-state index in [1.807, 2.05) is 187 Å². The summed E-state index contributed by atoms with van der Waals surface area (Å²) in [4.78, 5) is 70.7. The van der Waals surface area contributed by atoms with Crippen LogP contribution in [0.25, 0.3) is 0 Å². The van der Waals surface area contributed by atoms with E-state index in [-0.39, 0.29) is 49.8 Å². The normalized spacial score (nSPS) is 11.0. The molecule has 0 saturated carbocycles. The van der Waals surface area contributed by atoms with Crippen molar-refractivity contribution in [3.8, 4) is 53.3 Å². The number of aryl methyl sites for hydroxylation is 6. The number of terminal acetylenes is 1. The minimum Gasteiger partial charge on any atom is -0.495 e. The zero-order valence-electron chi connectivity index (χ0n) is 74.8. The number of imide groups is 2. The van der Waals surface area contributed by atoms with Crippen molar-refractivity contribution in [1.29, 1.82) is 0 Å². The SMILES string of the molecule is C.C#Cc1ccccc1OC.CC(C)(C)OC(=O)NCCCc1cccc(Br)c1.COc1ccccc1C#Cc1cccc(CCCN)c1.COc1ccccc1C#Cc1cccc(CCCNC(=O)OC(C)(C)C)c1.NCCCc1cccc(Br)c1.O=C1NC(=O)c2ccccc21.O=C1c2ccccc2C(=O)N1CCCc1cccc(Br)c1.OCCCc1cccc(Br)c1. The molecule has 11 aromatic carbocycles. The molecule has 130 heavy (non-hydrogen) atoms. The Morgan fingerprint density at radius 1 is 0.392 bits per heavy atom. The molecule has 2 aliphatic rings. The van der Waals surface area contributed by atoms with Gasteiger partial charge in [-0.2, -0.15) is 0 Å². The fourth-order valence-electron chi connectivity index (χ4n) is 12.4. The third-order valence-electron chi connectivity index (χ3n) is 18.5. The third-order valence-corrected chi connectivity index (χ3v) is 20.5. The Labute approximate surface area is 802 Å². The Morgan fingerprint density at radius 2 is 0.692 bits per heavy atom. The number of carbonyl (C=O) groups excluding carboxylic acids is 6. The van der Waals surface area contributed by atoms with Crippen molar-refractivity contribution >= 4 is 99.5 Å². The van der Waals surface area contributed by atoms with Crippen LogP contribution in [0.1, 0.15) is 190 Å². The van der Waals surface area contributed by atoms with E-state index in [2.05, 4.69) is 182 Å². The molecule has 2 aliphatic heterocycles. The lowest BCUT2D eigenvalue weighted by Crippen LogP contribution is -2.33. The maximum absolute atomic E-state index is 12.2. The fourth-order valence-corrected chi connectivity index (χ4v) is 14.2. The number of benzene rings is 11. The lowest BCUT2D eigenvalue weighted by molar-refractivity contribution is 0.0515. The van der Waals surface area contributed by atoms with Gasteiger partial charge in [-0.1, -0.05) is 234 Å². The van der Waals surface area contributed by atoms with E-state index in [1.165, 1.54) is 38.3 Å². The van der Waals surface area contributed by atoms with Crippen LogP contribution in [0, 0.1) is 36.0 Å². The molecule has 0 atom stereocenters. The number of halogens is 4. The first kappa shape index (κ1) is 109. The molecule has 0 bridgehead atoms. The molecule has 682 valence electrons. The van der Waals surface area contributed by atoms with Gasteiger partial charge in [0.1, 0.15) is 28.5 Å². The zero-order chi connectivity index (χ0) is 93.8. The second-order valence-corrected chi connectivity index (χ2v) is 34.7. The highest BCUT2D eigenvalue weighted by molar-refractivity contribution is 9.11. The molecule has 11 aromatic rings. The second kappa shape index (κ2) is 60.1. The van der Waals surface area contributed by atoms with Gasteiger partial charge in [-0.25, -0.2) is 9.59 Å². The summed E-state index contributed by atoms with van der Waals surface area (Å²) < 4.78 is 30.4. The van der Waals surface area contributed by atoms with Crippen molar-refractivity contribution in [3.05, 3.63) is 368 Å². The maximum atomic E-state index is 12.2. The van der Waals surface area contributed by atoms with Crippen LogP contribution < -0.4 is 41.6 Å². The largest absolute Gasteiger partial charge is 0.495 e. The van der Waals surface area contributed by atoms with Crippen molar-refractivity contribution < 1.29 is 57.6 Å². The number of hydrogen-bond acceptors (Lipinski definition) is 14. The number of nitrogens with zero attached hydrogens (tertiary/aromatic N) is 1. The standard InChI is InChI=1S/C23H27NO3.C18H19NO.C17H14BrNO2.C14H20BrNO2.C9H12BrN.C9H11BrO.C9H8O.C8H5NO2.CH4/c1-23(2,3)27-22(25)24-16-8-11-18-9-7-10-19(17-18)14-15-20-12-5-6-13-21(20)26-4;1-20-18-10-3-2-9-17(18)12-11-16-7-4-6-15(14-16)8-5-13-19;18-13-7-3-5-12(11-13)6-4-10-19-16(20)14-8-1-2-9-15(14)17(19)21;1-14(2,3)18-13(17)16-9-5-7-11-6-4-8-12(15)10-11;2*10-9-5-1-3-8(7-9)4-2-6-11;1-3-8-6-4-5-7-9(8)10-2;10-7-5-3-1-2-4-6(5)8(11)9-7;/h5-7,9-10,12-13,17H,8,11,16H2,1-4H3,(H,24,25);2-4,6-7,9-10,14H,5,8,13,19H2,1H3;1-3,5,7-9,11H,4,6,10H2;4,6,8,10H,5,7,9H2,1-3H3,(H,16,17);1,3,5,7H,2,4,6,11H2;1,3,5,7,11H,2,4,6H2;1,4-7H,2H3;1-4H,(H,9,10,11);1H4. The van der Waals surface area contributed by atoms with Crippen molar-refractivity contribution in [1.82, 2.24) is 20.9 Å². The number of hydrogen-bond donors (Lipinski definition) is 6. The molecule has 22 heteroatoms. The molecule has 8 N–H and O–H groups in total. The summed E-state index contributed by atoms with van der Waals surface area (Å²) in [5.41, 5.74) is 24.1. The van der Waals surface area contributed by atoms with Crippen LogP contribution in [0.2, 0.25) is 0 Å². The first-order valence-electron chi connectivity index (χ1n) is 42.5. The van der Waals surface area contributed by atoms with E-state index in [9.17, 15) is 28.8 Å². The number of ether oxygens (including phenoxy) is 5. The summed E-state index contributed by atoms with van der Waals surface area (Å²) in [6, 6.07) is 85.9. The Morgan fingerprint density at radius 3 is 1.02 bits per heavy atom. The lowest BCUT2D eigenvalue weighted by atomic mass is 10.1. The van der Waals surface area contributed by atoms with Crippen molar-refractivity contribution in [2.24, 2.45) is 11.5 Å². The minimum atomic E-state index is -0.474. The Balaban J connectivity index is 0.000000269. The minimum absolute atomic E-state index is 0. The number of nitrogens with two attached hydrogens (primary N) is 2. The number of amides is 6. The van der Waals surface area contributed by atoms with Crippen molar-refractivity contribution in [2.45, 2.75) is 137 Å². The molecule has 2 heterocycles. The van der Waals surface area contributed by atoms with Crippen LogP contribution in [-0.4, -0.2) is 118 Å². The van der Waals surface area contributed by atoms with Gasteiger partial charge in [-0.05, 0) is 299 Å². The van der Waals surface area contributed by atoms with E-state index in [0.29, 0.717) is 41.9 Å². The second-order valence-electron chi connectivity index (χ2n) is 31.1. The van der Waals surface area contributed by atoms with Gasteiger partial charge in [-0.3, -0.25) is 29.4 Å². The van der Waals surface area contributed by atoms with Gasteiger partial charge in [0, 0.05) is 55.3 Å². The summed E-state index contributed by atoms with van der Waals surface area (Å²) in [5.74, 6) is 16.6. The summed E-state index contributed by atoms with van der Waals surface area (Å²) >= 11 is 13.7. The van der Waals surface area contributed by atoms with Crippen LogP contribution in [0.4, 0.5) is 9.59 Å². The summed E-state index contributed by atoms with van der Waals surface area (Å²) in [6.07, 6.45) is 15.6. The van der Waals surface area contributed by atoms with Crippen LogP contribution in [0.5, 0.6) is 17.2 Å². The van der Waals surface area contributed by atoms with Gasteiger partial charge in [0.25, 0.3) is 23.6 Å². The Kier molecular flexibility index (Phi) is 50.2. The van der Waals surface area contributed by atoms with Gasteiger partial charge in [0.2, 0.25) is 0 Å². The first-order chi connectivity index (χ1) is 62.1. The van der Waals surface area contributed by atoms with E-state index in [0.717, 1.165) is 153 Å². The summed E-state index contributed by atoms with van der Waals surface area (Å²) in [5, 5.41) is 16.3. The summed E-state index contributed by atoms with van der Waals surface area (Å²) in [7, 11) is 4.91. The Hall–Kier alpha value is -11.9. The van der Waals surface area contributed by atoms with E-state index in [4.69, 9.17) is 46.7 Å². The fraction of sp³-hybridized carbons (Fsp3) is 0.278.